The molecule has 2 rings (SSSR count). The molecule has 1 atom stereocenters. The van der Waals surface area contributed by atoms with Gasteiger partial charge < -0.3 is 0 Å². The Labute approximate surface area is 123 Å². The van der Waals surface area contributed by atoms with Gasteiger partial charge in [0.05, 0.1) is 0 Å². The van der Waals surface area contributed by atoms with Crippen LogP contribution < -0.4 is 10.6 Å². The van der Waals surface area contributed by atoms with E-state index in [0.717, 1.165) is 5.56 Å². The van der Waals surface area contributed by atoms with E-state index in [1.165, 1.54) is 0 Å². The largest absolute Gasteiger partial charge is 0.328 e. The van der Waals surface area contributed by atoms with Crippen LogP contribution in [0.25, 0.3) is 0 Å². The number of imide groups is 2. The van der Waals surface area contributed by atoms with E-state index in [4.69, 9.17) is 0 Å². The second-order valence-electron chi connectivity index (χ2n) is 5.37. The predicted molar refractivity (Wildman–Crippen MR) is 76.1 cm³/mol. The number of barbiturate groups is 1. The normalized spacial score (nSPS) is 18.9. The smallest absolute Gasteiger partial charge is 0.277 e. The lowest BCUT2D eigenvalue weighted by Gasteiger charge is -2.38. The Kier molecular flexibility index (Phi) is 4.35. The molecule has 1 aromatic heterocycles. The third-order valence-corrected chi connectivity index (χ3v) is 4.28. The van der Waals surface area contributed by atoms with Crippen molar-refractivity contribution in [2.75, 3.05) is 0 Å². The summed E-state index contributed by atoms with van der Waals surface area (Å²) < 4.78 is 0. The highest BCUT2D eigenvalue weighted by Crippen LogP contribution is 2.37. The Morgan fingerprint density at radius 2 is 1.71 bits per heavy atom. The van der Waals surface area contributed by atoms with E-state index in [2.05, 4.69) is 15.6 Å². The summed E-state index contributed by atoms with van der Waals surface area (Å²) in [6, 6.07) is 2.97. The zero-order valence-electron chi connectivity index (χ0n) is 12.2. The van der Waals surface area contributed by atoms with E-state index in [0.29, 0.717) is 19.3 Å². The van der Waals surface area contributed by atoms with E-state index in [9.17, 15) is 14.4 Å². The lowest BCUT2D eigenvalue weighted by atomic mass is 9.69. The molecule has 1 aliphatic heterocycles. The van der Waals surface area contributed by atoms with Crippen molar-refractivity contribution in [3.63, 3.8) is 0 Å². The molecule has 1 unspecified atom stereocenters. The van der Waals surface area contributed by atoms with Gasteiger partial charge in [0.15, 0.2) is 0 Å². The van der Waals surface area contributed by atoms with Crippen molar-refractivity contribution in [2.45, 2.75) is 33.1 Å². The Morgan fingerprint density at radius 1 is 1.14 bits per heavy atom. The van der Waals surface area contributed by atoms with Crippen LogP contribution in [0.4, 0.5) is 4.79 Å². The van der Waals surface area contributed by atoms with Gasteiger partial charge >= 0.3 is 6.03 Å². The fourth-order valence-electron chi connectivity index (χ4n) is 2.72. The van der Waals surface area contributed by atoms with Crippen LogP contribution in [0, 0.1) is 11.3 Å². The van der Waals surface area contributed by atoms with Crippen molar-refractivity contribution < 1.29 is 14.4 Å². The summed E-state index contributed by atoms with van der Waals surface area (Å²) >= 11 is 0. The number of hydrogen-bond donors (Lipinski definition) is 2. The minimum atomic E-state index is -1.20. The summed E-state index contributed by atoms with van der Waals surface area (Å²) in [6.07, 6.45) is 4.95. The second-order valence-corrected chi connectivity index (χ2v) is 5.37. The Morgan fingerprint density at radius 3 is 2.24 bits per heavy atom. The Hall–Kier alpha value is -2.24. The lowest BCUT2D eigenvalue weighted by Crippen LogP contribution is -2.64. The average Bonchev–Trinajstić information content (AvgIpc) is 2.47. The van der Waals surface area contributed by atoms with Crippen LogP contribution in [-0.2, 0) is 16.0 Å². The van der Waals surface area contributed by atoms with Crippen LogP contribution in [-0.4, -0.2) is 22.8 Å². The van der Waals surface area contributed by atoms with Gasteiger partial charge in [-0.05, 0) is 36.5 Å². The number of nitrogens with zero attached hydrogens (tertiary/aromatic N) is 1. The molecule has 6 nitrogen and oxygen atoms in total. The van der Waals surface area contributed by atoms with Crippen molar-refractivity contribution >= 4 is 17.8 Å². The first kappa shape index (κ1) is 15.2. The van der Waals surface area contributed by atoms with Crippen molar-refractivity contribution in [2.24, 2.45) is 11.3 Å². The maximum Gasteiger partial charge on any atom is 0.328 e. The van der Waals surface area contributed by atoms with Crippen LogP contribution in [0.5, 0.6) is 0 Å². The second kappa shape index (κ2) is 6.03. The van der Waals surface area contributed by atoms with Crippen molar-refractivity contribution in [3.05, 3.63) is 30.1 Å². The number of aryl methyl sites for hydroxylation is 1. The maximum atomic E-state index is 12.4. The maximum absolute atomic E-state index is 12.4. The SMILES string of the molecule is CCC(C)C1(CCc2ccncc2)C(=O)NC(=O)NC1=O. The molecule has 0 aliphatic carbocycles. The van der Waals surface area contributed by atoms with Gasteiger partial charge in [0.25, 0.3) is 0 Å². The number of aromatic nitrogens is 1. The lowest BCUT2D eigenvalue weighted by molar-refractivity contribution is -0.148. The van der Waals surface area contributed by atoms with Crippen LogP contribution in [0.1, 0.15) is 32.3 Å². The van der Waals surface area contributed by atoms with E-state index >= 15 is 0 Å². The van der Waals surface area contributed by atoms with Gasteiger partial charge in [-0.1, -0.05) is 20.3 Å². The molecule has 2 N–H and O–H groups in total. The van der Waals surface area contributed by atoms with Crippen molar-refractivity contribution in [1.29, 1.82) is 0 Å². The molecule has 6 heteroatoms. The topological polar surface area (TPSA) is 88.2 Å². The first-order valence-electron chi connectivity index (χ1n) is 7.06. The molecule has 0 spiro atoms. The van der Waals surface area contributed by atoms with E-state index < -0.39 is 23.3 Å². The van der Waals surface area contributed by atoms with Crippen molar-refractivity contribution in [1.82, 2.24) is 15.6 Å². The van der Waals surface area contributed by atoms with E-state index in [1.54, 1.807) is 12.4 Å². The van der Waals surface area contributed by atoms with Gasteiger partial charge in [0.2, 0.25) is 11.8 Å². The molecule has 1 saturated heterocycles. The first-order valence-corrected chi connectivity index (χ1v) is 7.06. The molecular formula is C15H19N3O3. The summed E-state index contributed by atoms with van der Waals surface area (Å²) in [4.78, 5) is 39.9. The summed E-state index contributed by atoms with van der Waals surface area (Å²) in [5, 5.41) is 4.46. The van der Waals surface area contributed by atoms with Crippen LogP contribution >= 0.6 is 0 Å². The minimum absolute atomic E-state index is 0.160. The Bertz CT molecular complexity index is 537. The predicted octanol–water partition coefficient (Wildman–Crippen LogP) is 1.41. The Balaban J connectivity index is 2.27. The summed E-state index contributed by atoms with van der Waals surface area (Å²) in [6.45, 7) is 3.79. The average molecular weight is 289 g/mol. The van der Waals surface area contributed by atoms with Crippen LogP contribution in [0.2, 0.25) is 0 Å². The highest BCUT2D eigenvalue weighted by molar-refractivity contribution is 6.19. The molecule has 2 heterocycles. The molecule has 1 fully saturated rings. The highest BCUT2D eigenvalue weighted by atomic mass is 16.2. The van der Waals surface area contributed by atoms with Gasteiger partial charge in [-0.25, -0.2) is 4.79 Å². The quantitative estimate of drug-likeness (QED) is 0.802. The van der Waals surface area contributed by atoms with Gasteiger partial charge in [0.1, 0.15) is 5.41 Å². The van der Waals surface area contributed by atoms with Gasteiger partial charge in [0, 0.05) is 12.4 Å². The number of carbonyl (C=O) groups is 3. The number of urea groups is 1. The first-order chi connectivity index (χ1) is 10.0. The van der Waals surface area contributed by atoms with Gasteiger partial charge in [-0.2, -0.15) is 0 Å². The molecule has 4 amide bonds. The minimum Gasteiger partial charge on any atom is -0.277 e. The molecule has 0 aromatic carbocycles. The van der Waals surface area contributed by atoms with Crippen LogP contribution in [0.15, 0.2) is 24.5 Å². The summed E-state index contributed by atoms with van der Waals surface area (Å²) in [7, 11) is 0. The summed E-state index contributed by atoms with van der Waals surface area (Å²) in [5.74, 6) is -1.16. The highest BCUT2D eigenvalue weighted by Gasteiger charge is 2.52. The number of amides is 4. The van der Waals surface area contributed by atoms with Gasteiger partial charge in [-0.3, -0.25) is 25.2 Å². The zero-order valence-corrected chi connectivity index (χ0v) is 12.2. The molecule has 112 valence electrons. The molecule has 0 saturated carbocycles. The molecule has 0 bridgehead atoms. The number of rotatable bonds is 5. The summed E-state index contributed by atoms with van der Waals surface area (Å²) in [5.41, 5.74) is -0.198. The van der Waals surface area contributed by atoms with E-state index in [-0.39, 0.29) is 5.92 Å². The fraction of sp³-hybridized carbons (Fsp3) is 0.467. The molecule has 0 radical (unpaired) electrons. The third-order valence-electron chi connectivity index (χ3n) is 4.28. The third kappa shape index (κ3) is 2.79. The monoisotopic (exact) mass is 289 g/mol. The number of nitrogens with one attached hydrogen (secondary N) is 2. The van der Waals surface area contributed by atoms with Crippen molar-refractivity contribution in [3.8, 4) is 0 Å². The molecule has 1 aliphatic rings. The number of hydrogen-bond acceptors (Lipinski definition) is 4. The van der Waals surface area contributed by atoms with E-state index in [1.807, 2.05) is 26.0 Å². The number of carbonyl (C=O) groups excluding carboxylic acids is 3. The van der Waals surface area contributed by atoms with Gasteiger partial charge in [-0.15, -0.1) is 0 Å². The molecule has 21 heavy (non-hydrogen) atoms. The molecular weight excluding hydrogens is 270 g/mol. The molecule has 1 aromatic rings. The zero-order chi connectivity index (χ0) is 15.5. The standard InChI is InChI=1S/C15H19N3O3/c1-3-10(2)15(7-4-11-5-8-16-9-6-11)12(19)17-14(21)18-13(15)20/h5-6,8-10H,3-4,7H2,1-2H3,(H2,17,18,19,20,21). The van der Waals surface area contributed by atoms with Crippen LogP contribution in [0.3, 0.4) is 0 Å². The number of pyridine rings is 1. The fourth-order valence-corrected chi connectivity index (χ4v) is 2.72.